The smallest absolute Gasteiger partial charge is 0.261 e. The Labute approximate surface area is 168 Å². The number of nitrogens with zero attached hydrogens (tertiary/aromatic N) is 1. The van der Waals surface area contributed by atoms with E-state index in [0.29, 0.717) is 17.7 Å². The number of hydrogen-bond donors (Lipinski definition) is 1. The molecule has 1 heterocycles. The molecule has 0 radical (unpaired) electrons. The van der Waals surface area contributed by atoms with Crippen LogP contribution in [0.1, 0.15) is 52.0 Å². The number of hydrogen-bond acceptors (Lipinski definition) is 3. The number of nitrogens with one attached hydrogen (secondary N) is 1. The van der Waals surface area contributed by atoms with Crippen LogP contribution in [0.3, 0.4) is 0 Å². The van der Waals surface area contributed by atoms with E-state index in [-0.39, 0.29) is 41.9 Å². The molecule has 1 aliphatic heterocycles. The minimum Gasteiger partial charge on any atom is -0.352 e. The van der Waals surface area contributed by atoms with Crippen molar-refractivity contribution in [2.75, 3.05) is 6.54 Å². The van der Waals surface area contributed by atoms with E-state index >= 15 is 0 Å². The lowest BCUT2D eigenvalue weighted by Crippen LogP contribution is -2.43. The molecule has 2 unspecified atom stereocenters. The number of carbonyl (C=O) groups is 3. The van der Waals surface area contributed by atoms with Crippen LogP contribution in [0.25, 0.3) is 0 Å². The van der Waals surface area contributed by atoms with Crippen molar-refractivity contribution in [2.45, 2.75) is 32.2 Å². The highest BCUT2D eigenvalue weighted by atomic mass is 19.1. The summed E-state index contributed by atoms with van der Waals surface area (Å²) in [5, 5.41) is 2.93. The van der Waals surface area contributed by atoms with Gasteiger partial charge in [-0.1, -0.05) is 37.1 Å². The molecule has 4 rings (SSSR count). The summed E-state index contributed by atoms with van der Waals surface area (Å²) in [5.41, 5.74) is 1.70. The Morgan fingerprint density at radius 2 is 1.59 bits per heavy atom. The number of halogens is 1. The van der Waals surface area contributed by atoms with Crippen LogP contribution in [0.15, 0.2) is 48.5 Å². The quantitative estimate of drug-likeness (QED) is 0.789. The number of fused-ring (bicyclic) bond motifs is 1. The Hall–Kier alpha value is -3.02. The molecule has 2 aromatic rings. The Kier molecular flexibility index (Phi) is 5.43. The first-order chi connectivity index (χ1) is 14.0. The standard InChI is InChI=1S/C23H23FN2O3/c24-17-11-9-15(10-12-17)13-25-21(27)18-6-2-1-5-16(18)14-26-22(28)19-7-3-4-8-20(19)23(26)29/h3-4,7-12,16,18H,1-2,5-6,13-14H2,(H,25,27). The molecular weight excluding hydrogens is 371 g/mol. The number of amides is 3. The van der Waals surface area contributed by atoms with E-state index in [1.165, 1.54) is 17.0 Å². The van der Waals surface area contributed by atoms with Crippen LogP contribution in [-0.2, 0) is 11.3 Å². The van der Waals surface area contributed by atoms with Crippen LogP contribution in [-0.4, -0.2) is 29.2 Å². The van der Waals surface area contributed by atoms with Crippen molar-refractivity contribution in [3.05, 3.63) is 71.0 Å². The summed E-state index contributed by atoms with van der Waals surface area (Å²) >= 11 is 0. The van der Waals surface area contributed by atoms with Gasteiger partial charge in [0.15, 0.2) is 0 Å². The van der Waals surface area contributed by atoms with Crippen LogP contribution in [0, 0.1) is 17.7 Å². The molecule has 1 aliphatic carbocycles. The maximum Gasteiger partial charge on any atom is 0.261 e. The zero-order chi connectivity index (χ0) is 20.4. The number of benzene rings is 2. The van der Waals surface area contributed by atoms with Gasteiger partial charge in [0.05, 0.1) is 11.1 Å². The van der Waals surface area contributed by atoms with Gasteiger partial charge in [0.1, 0.15) is 5.82 Å². The second kappa shape index (κ2) is 8.15. The van der Waals surface area contributed by atoms with Gasteiger partial charge in [-0.25, -0.2) is 4.39 Å². The monoisotopic (exact) mass is 394 g/mol. The van der Waals surface area contributed by atoms with Crippen LogP contribution in [0.4, 0.5) is 4.39 Å². The molecule has 6 heteroatoms. The SMILES string of the molecule is O=C(NCc1ccc(F)cc1)C1CCCCC1CN1C(=O)c2ccccc2C1=O. The van der Waals surface area contributed by atoms with Crippen LogP contribution >= 0.6 is 0 Å². The zero-order valence-electron chi connectivity index (χ0n) is 16.1. The van der Waals surface area contributed by atoms with Crippen molar-refractivity contribution in [2.24, 2.45) is 11.8 Å². The molecule has 3 amide bonds. The molecule has 0 aromatic heterocycles. The summed E-state index contributed by atoms with van der Waals surface area (Å²) < 4.78 is 13.0. The number of rotatable bonds is 5. The van der Waals surface area contributed by atoms with Crippen molar-refractivity contribution >= 4 is 17.7 Å². The van der Waals surface area contributed by atoms with Crippen LogP contribution in [0.2, 0.25) is 0 Å². The zero-order valence-corrected chi connectivity index (χ0v) is 16.1. The first-order valence-electron chi connectivity index (χ1n) is 10.0. The Balaban J connectivity index is 1.42. The molecule has 1 N–H and O–H groups in total. The number of imide groups is 1. The van der Waals surface area contributed by atoms with Crippen LogP contribution < -0.4 is 5.32 Å². The second-order valence-corrected chi connectivity index (χ2v) is 7.76. The minimum atomic E-state index is -0.312. The summed E-state index contributed by atoms with van der Waals surface area (Å²) in [4.78, 5) is 39.5. The van der Waals surface area contributed by atoms with Crippen LogP contribution in [0.5, 0.6) is 0 Å². The molecule has 2 aromatic carbocycles. The van der Waals surface area contributed by atoms with E-state index in [2.05, 4.69) is 5.32 Å². The Morgan fingerprint density at radius 3 is 2.24 bits per heavy atom. The predicted molar refractivity (Wildman–Crippen MR) is 106 cm³/mol. The van der Waals surface area contributed by atoms with Crippen molar-refractivity contribution in [3.63, 3.8) is 0 Å². The third-order valence-electron chi connectivity index (χ3n) is 5.92. The molecular formula is C23H23FN2O3. The summed E-state index contributed by atoms with van der Waals surface area (Å²) in [6.07, 6.45) is 3.48. The fourth-order valence-electron chi connectivity index (χ4n) is 4.33. The van der Waals surface area contributed by atoms with Crippen molar-refractivity contribution in [3.8, 4) is 0 Å². The predicted octanol–water partition coefficient (Wildman–Crippen LogP) is 3.54. The molecule has 1 saturated carbocycles. The topological polar surface area (TPSA) is 66.5 Å². The van der Waals surface area contributed by atoms with Gasteiger partial charge in [0.25, 0.3) is 11.8 Å². The third-order valence-corrected chi connectivity index (χ3v) is 5.92. The van der Waals surface area contributed by atoms with Gasteiger partial charge in [0.2, 0.25) is 5.91 Å². The van der Waals surface area contributed by atoms with Gasteiger partial charge in [-0.2, -0.15) is 0 Å². The molecule has 150 valence electrons. The highest BCUT2D eigenvalue weighted by molar-refractivity contribution is 6.21. The summed E-state index contributed by atoms with van der Waals surface area (Å²) in [6.45, 7) is 0.594. The lowest BCUT2D eigenvalue weighted by molar-refractivity contribution is -0.128. The average Bonchev–Trinajstić information content (AvgIpc) is 2.99. The lowest BCUT2D eigenvalue weighted by atomic mass is 9.78. The highest BCUT2D eigenvalue weighted by Gasteiger charge is 2.39. The molecule has 2 aliphatic rings. The highest BCUT2D eigenvalue weighted by Crippen LogP contribution is 2.33. The minimum absolute atomic E-state index is 0.0563. The van der Waals surface area contributed by atoms with Crippen molar-refractivity contribution in [1.82, 2.24) is 10.2 Å². The van der Waals surface area contributed by atoms with E-state index in [1.54, 1.807) is 36.4 Å². The van der Waals surface area contributed by atoms with Gasteiger partial charge >= 0.3 is 0 Å². The molecule has 29 heavy (non-hydrogen) atoms. The lowest BCUT2D eigenvalue weighted by Gasteiger charge is -2.32. The van der Waals surface area contributed by atoms with E-state index in [0.717, 1.165) is 31.2 Å². The van der Waals surface area contributed by atoms with Gasteiger partial charge in [-0.3, -0.25) is 19.3 Å². The maximum absolute atomic E-state index is 13.0. The van der Waals surface area contributed by atoms with Gasteiger partial charge in [0, 0.05) is 19.0 Å². The maximum atomic E-state index is 13.0. The molecule has 0 saturated heterocycles. The molecule has 2 atom stereocenters. The summed E-state index contributed by atoms with van der Waals surface area (Å²) in [6, 6.07) is 12.9. The molecule has 1 fully saturated rings. The summed E-state index contributed by atoms with van der Waals surface area (Å²) in [7, 11) is 0. The second-order valence-electron chi connectivity index (χ2n) is 7.76. The average molecular weight is 394 g/mol. The molecule has 0 bridgehead atoms. The number of carbonyl (C=O) groups excluding carboxylic acids is 3. The van der Waals surface area contributed by atoms with Crippen molar-refractivity contribution in [1.29, 1.82) is 0 Å². The van der Waals surface area contributed by atoms with E-state index < -0.39 is 0 Å². The van der Waals surface area contributed by atoms with Gasteiger partial charge < -0.3 is 5.32 Å². The summed E-state index contributed by atoms with van der Waals surface area (Å²) in [5.74, 6) is -1.24. The van der Waals surface area contributed by atoms with E-state index in [9.17, 15) is 18.8 Å². The first-order valence-corrected chi connectivity index (χ1v) is 10.0. The third kappa shape index (κ3) is 3.92. The van der Waals surface area contributed by atoms with Gasteiger partial charge in [-0.05, 0) is 48.6 Å². The first kappa shape index (κ1) is 19.3. The normalized spacial score (nSPS) is 21.2. The van der Waals surface area contributed by atoms with Crippen molar-refractivity contribution < 1.29 is 18.8 Å². The largest absolute Gasteiger partial charge is 0.352 e. The molecule has 0 spiro atoms. The fraction of sp³-hybridized carbons (Fsp3) is 0.348. The van der Waals surface area contributed by atoms with E-state index in [1.807, 2.05) is 0 Å². The fourth-order valence-corrected chi connectivity index (χ4v) is 4.33. The Bertz CT molecular complexity index is 906. The van der Waals surface area contributed by atoms with E-state index in [4.69, 9.17) is 0 Å². The molecule has 5 nitrogen and oxygen atoms in total. The van der Waals surface area contributed by atoms with Gasteiger partial charge in [-0.15, -0.1) is 0 Å². The Morgan fingerprint density at radius 1 is 0.966 bits per heavy atom.